The Morgan fingerprint density at radius 1 is 1.04 bits per heavy atom. The van der Waals surface area contributed by atoms with Crippen LogP contribution in [0.15, 0.2) is 66.3 Å². The summed E-state index contributed by atoms with van der Waals surface area (Å²) >= 11 is 0. The quantitative estimate of drug-likeness (QED) is 0.297. The van der Waals surface area contributed by atoms with Crippen molar-refractivity contribution in [1.29, 1.82) is 0 Å². The summed E-state index contributed by atoms with van der Waals surface area (Å²) < 4.78 is 5.62. The van der Waals surface area contributed by atoms with E-state index in [9.17, 15) is 19.5 Å². The monoisotopic (exact) mass is 380 g/mol. The highest BCUT2D eigenvalue weighted by atomic mass is 16.5. The molecule has 2 amide bonds. The summed E-state index contributed by atoms with van der Waals surface area (Å²) in [6.45, 7) is 3.90. The van der Waals surface area contributed by atoms with Gasteiger partial charge in [-0.2, -0.15) is 5.10 Å². The van der Waals surface area contributed by atoms with Crippen molar-refractivity contribution in [1.82, 2.24) is 10.7 Å². The van der Waals surface area contributed by atoms with Crippen LogP contribution in [-0.4, -0.2) is 30.5 Å². The second-order valence-corrected chi connectivity index (χ2v) is 5.54. The molecule has 0 aliphatic rings. The normalized spacial score (nSPS) is 10.3. The molecule has 8 heteroatoms. The molecular formula is C20H18N3O5-. The Kier molecular flexibility index (Phi) is 7.47. The first-order chi connectivity index (χ1) is 13.5. The number of amides is 2. The number of nitrogens with zero attached hydrogens (tertiary/aromatic N) is 1. The van der Waals surface area contributed by atoms with Crippen molar-refractivity contribution in [3.05, 3.63) is 77.9 Å². The minimum atomic E-state index is -1.22. The highest BCUT2D eigenvalue weighted by Crippen LogP contribution is 2.14. The topological polar surface area (TPSA) is 120 Å². The van der Waals surface area contributed by atoms with E-state index in [0.717, 1.165) is 5.56 Å². The smallest absolute Gasteiger partial charge is 0.329 e. The third-order valence-electron chi connectivity index (χ3n) is 3.47. The number of carbonyl (C=O) groups excluding carboxylic acids is 3. The Bertz CT molecular complexity index is 874. The number of ether oxygens (including phenoxy) is 1. The Morgan fingerprint density at radius 2 is 1.71 bits per heavy atom. The molecule has 0 fully saturated rings. The van der Waals surface area contributed by atoms with Crippen LogP contribution in [0, 0.1) is 0 Å². The van der Waals surface area contributed by atoms with Crippen molar-refractivity contribution in [3.8, 4) is 5.75 Å². The number of nitrogens with one attached hydrogen (secondary N) is 2. The second kappa shape index (κ2) is 10.3. The number of carboxylic acids is 1. The van der Waals surface area contributed by atoms with Gasteiger partial charge in [0.25, 0.3) is 0 Å². The number of benzene rings is 2. The lowest BCUT2D eigenvalue weighted by Crippen LogP contribution is -2.37. The van der Waals surface area contributed by atoms with Crippen LogP contribution < -0.4 is 20.6 Å². The predicted molar refractivity (Wildman–Crippen MR) is 100 cm³/mol. The lowest BCUT2D eigenvalue weighted by atomic mass is 10.1. The largest absolute Gasteiger partial charge is 0.545 e. The van der Waals surface area contributed by atoms with Gasteiger partial charge in [-0.1, -0.05) is 30.3 Å². The molecule has 0 spiro atoms. The van der Waals surface area contributed by atoms with Crippen molar-refractivity contribution in [2.75, 3.05) is 6.54 Å². The van der Waals surface area contributed by atoms with Crippen LogP contribution in [0.5, 0.6) is 5.75 Å². The first-order valence-corrected chi connectivity index (χ1v) is 8.25. The molecule has 144 valence electrons. The molecular weight excluding hydrogens is 362 g/mol. The number of rotatable bonds is 8. The predicted octanol–water partition coefficient (Wildman–Crippen LogP) is 0.381. The van der Waals surface area contributed by atoms with Crippen LogP contribution >= 0.6 is 0 Å². The van der Waals surface area contributed by atoms with Gasteiger partial charge in [0.05, 0.1) is 12.2 Å². The Balaban J connectivity index is 1.82. The molecule has 0 aliphatic heterocycles. The molecule has 2 rings (SSSR count). The van der Waals surface area contributed by atoms with Gasteiger partial charge in [0.2, 0.25) is 0 Å². The summed E-state index contributed by atoms with van der Waals surface area (Å²) in [5.41, 5.74) is 3.73. The summed E-state index contributed by atoms with van der Waals surface area (Å²) in [6, 6.07) is 13.1. The van der Waals surface area contributed by atoms with Gasteiger partial charge in [-0.3, -0.25) is 9.59 Å². The number of hydrogen-bond donors (Lipinski definition) is 2. The van der Waals surface area contributed by atoms with E-state index in [4.69, 9.17) is 4.74 Å². The highest BCUT2D eigenvalue weighted by molar-refractivity contribution is 6.35. The number of carbonyl (C=O) groups is 3. The van der Waals surface area contributed by atoms with Crippen LogP contribution in [0.4, 0.5) is 0 Å². The van der Waals surface area contributed by atoms with E-state index < -0.39 is 17.8 Å². The molecule has 0 unspecified atom stereocenters. The van der Waals surface area contributed by atoms with E-state index in [1.165, 1.54) is 24.4 Å². The first-order valence-electron chi connectivity index (χ1n) is 8.25. The fourth-order valence-corrected chi connectivity index (χ4v) is 2.02. The lowest BCUT2D eigenvalue weighted by Gasteiger charge is -2.08. The van der Waals surface area contributed by atoms with E-state index in [1.807, 2.05) is 0 Å². The zero-order chi connectivity index (χ0) is 20.4. The van der Waals surface area contributed by atoms with Gasteiger partial charge < -0.3 is 20.0 Å². The van der Waals surface area contributed by atoms with Crippen molar-refractivity contribution in [2.45, 2.75) is 6.61 Å². The van der Waals surface area contributed by atoms with Gasteiger partial charge in [-0.25, -0.2) is 5.43 Å². The zero-order valence-electron chi connectivity index (χ0n) is 14.9. The molecule has 0 bridgehead atoms. The minimum Gasteiger partial charge on any atom is -0.545 e. The van der Waals surface area contributed by atoms with Gasteiger partial charge in [0.15, 0.2) is 0 Å². The van der Waals surface area contributed by atoms with E-state index in [0.29, 0.717) is 11.3 Å². The lowest BCUT2D eigenvalue weighted by molar-refractivity contribution is -0.255. The Morgan fingerprint density at radius 3 is 2.32 bits per heavy atom. The van der Waals surface area contributed by atoms with Crippen molar-refractivity contribution in [2.24, 2.45) is 5.10 Å². The number of aromatic carboxylic acids is 1. The fourth-order valence-electron chi connectivity index (χ4n) is 2.02. The molecule has 8 nitrogen and oxygen atoms in total. The number of hydrazone groups is 1. The molecule has 0 atom stereocenters. The van der Waals surface area contributed by atoms with Crippen LogP contribution in [-0.2, 0) is 16.2 Å². The van der Waals surface area contributed by atoms with Crippen molar-refractivity contribution >= 4 is 24.0 Å². The molecule has 2 aromatic carbocycles. The van der Waals surface area contributed by atoms with Gasteiger partial charge >= 0.3 is 11.8 Å². The Labute approximate surface area is 161 Å². The highest BCUT2D eigenvalue weighted by Gasteiger charge is 2.10. The van der Waals surface area contributed by atoms with Crippen LogP contribution in [0.25, 0.3) is 0 Å². The maximum atomic E-state index is 11.4. The molecule has 2 N–H and O–H groups in total. The maximum Gasteiger partial charge on any atom is 0.329 e. The summed E-state index contributed by atoms with van der Waals surface area (Å²) in [4.78, 5) is 33.5. The molecule has 2 aromatic rings. The van der Waals surface area contributed by atoms with Gasteiger partial charge in [0.1, 0.15) is 12.4 Å². The molecule has 0 radical (unpaired) electrons. The van der Waals surface area contributed by atoms with Gasteiger partial charge in [-0.05, 0) is 41.0 Å². The third kappa shape index (κ3) is 6.41. The molecule has 0 saturated carbocycles. The van der Waals surface area contributed by atoms with E-state index in [1.54, 1.807) is 36.4 Å². The van der Waals surface area contributed by atoms with Crippen molar-refractivity contribution in [3.63, 3.8) is 0 Å². The summed E-state index contributed by atoms with van der Waals surface area (Å²) in [5, 5.41) is 16.8. The summed E-state index contributed by atoms with van der Waals surface area (Å²) in [6.07, 6.45) is 2.85. The fraction of sp³-hybridized carbons (Fsp3) is 0.100. The minimum absolute atomic E-state index is 0.109. The average Bonchev–Trinajstić information content (AvgIpc) is 2.71. The number of hydrogen-bond acceptors (Lipinski definition) is 6. The third-order valence-corrected chi connectivity index (χ3v) is 3.47. The average molecular weight is 380 g/mol. The van der Waals surface area contributed by atoms with E-state index >= 15 is 0 Å². The van der Waals surface area contributed by atoms with Gasteiger partial charge in [-0.15, -0.1) is 6.58 Å². The van der Waals surface area contributed by atoms with E-state index in [-0.39, 0.29) is 18.7 Å². The standard InChI is InChI=1S/C20H19N3O5/c1-2-11-21-18(24)19(25)23-22-12-14-5-9-17(10-6-14)28-13-15-3-7-16(8-4-15)20(26)27/h2-10,12H,1,11,13H2,(H,21,24)(H,23,25)(H,26,27)/p-1/b22-12-. The van der Waals surface area contributed by atoms with Crippen LogP contribution in [0.2, 0.25) is 0 Å². The molecule has 28 heavy (non-hydrogen) atoms. The zero-order valence-corrected chi connectivity index (χ0v) is 14.9. The first kappa shape index (κ1) is 20.4. The van der Waals surface area contributed by atoms with E-state index in [2.05, 4.69) is 22.4 Å². The van der Waals surface area contributed by atoms with Crippen molar-refractivity contribution < 1.29 is 24.2 Å². The van der Waals surface area contributed by atoms with Crippen LogP contribution in [0.1, 0.15) is 21.5 Å². The molecule has 0 aromatic heterocycles. The number of carboxylic acid groups (broad SMARTS) is 1. The second-order valence-electron chi connectivity index (χ2n) is 5.54. The van der Waals surface area contributed by atoms with Gasteiger partial charge in [0, 0.05) is 6.54 Å². The SMILES string of the molecule is C=CCNC(=O)C(=O)N/N=C\c1ccc(OCc2ccc(C(=O)[O-])cc2)cc1. The molecule has 0 aliphatic carbocycles. The summed E-state index contributed by atoms with van der Waals surface area (Å²) in [5.74, 6) is -2.29. The molecule has 0 saturated heterocycles. The Hall–Kier alpha value is -3.94. The maximum absolute atomic E-state index is 11.4. The molecule has 0 heterocycles. The summed E-state index contributed by atoms with van der Waals surface area (Å²) in [7, 11) is 0. The van der Waals surface area contributed by atoms with Crippen LogP contribution in [0.3, 0.4) is 0 Å².